The van der Waals surface area contributed by atoms with E-state index in [1.165, 1.54) is 21.5 Å². The quantitative estimate of drug-likeness (QED) is 0.119. The summed E-state index contributed by atoms with van der Waals surface area (Å²) in [6.45, 7) is 0. The van der Waals surface area contributed by atoms with Crippen LogP contribution in [0.25, 0.3) is 212 Å². The Kier molecular flexibility index (Phi) is 16.0. The van der Waals surface area contributed by atoms with Crippen molar-refractivity contribution in [3.8, 4) is 124 Å². The predicted octanol–water partition coefficient (Wildman–Crippen LogP) is 26.4. The Morgan fingerprint density at radius 3 is 1.02 bits per heavy atom. The molecule has 0 N–H and O–H groups in total. The third-order valence-electron chi connectivity index (χ3n) is 21.3. The van der Waals surface area contributed by atoms with E-state index in [9.17, 15) is 0 Å². The molecule has 0 saturated carbocycles. The van der Waals surface area contributed by atoms with Gasteiger partial charge < -0.3 is 18.0 Å². The molecule has 0 aliphatic rings. The number of nitrogens with zero attached hydrogens (tertiary/aromatic N) is 8. The molecule has 0 aliphatic carbocycles. The first-order valence-corrected chi connectivity index (χ1v) is 37.6. The van der Waals surface area contributed by atoms with Crippen molar-refractivity contribution in [1.29, 1.82) is 0 Å². The maximum atomic E-state index is 6.47. The molecule has 0 atom stereocenters. The molecule has 0 saturated heterocycles. The van der Waals surface area contributed by atoms with E-state index in [0.717, 1.165) is 155 Å². The highest BCUT2D eigenvalue weighted by molar-refractivity contribution is 6.16. The summed E-state index contributed by atoms with van der Waals surface area (Å²) in [4.78, 5) is 30.1. The first-order chi connectivity index (χ1) is 55.5. The molecule has 0 bridgehead atoms. The van der Waals surface area contributed by atoms with E-state index in [1.54, 1.807) is 0 Å². The monoisotopic (exact) mass is 1430 g/mol. The van der Waals surface area contributed by atoms with Crippen molar-refractivity contribution in [2.75, 3.05) is 0 Å². The Morgan fingerprint density at radius 1 is 0.179 bits per heavy atom. The summed E-state index contributed by atoms with van der Waals surface area (Å²) in [6.07, 6.45) is 0. The van der Waals surface area contributed by atoms with Crippen LogP contribution >= 0.6 is 0 Å². The van der Waals surface area contributed by atoms with Gasteiger partial charge >= 0.3 is 0 Å². The van der Waals surface area contributed by atoms with Crippen molar-refractivity contribution in [2.45, 2.75) is 0 Å². The Labute approximate surface area is 643 Å². The van der Waals surface area contributed by atoms with Crippen LogP contribution in [-0.4, -0.2) is 39.0 Å². The third kappa shape index (κ3) is 11.5. The van der Waals surface area contributed by atoms with Gasteiger partial charge in [0.2, 0.25) is 0 Å². The standard InChI is InChI=1S/2C51H32N4O/c1-4-15-33(16-5-1)42-32-37(51-53-49(34-17-6-2-7-18-34)52-50(54-51)35-19-8-3-9-20-35)28-30-45(42)55-44-25-12-10-21-39(44)43-31-36(27-29-46(43)55)38-23-14-24-41-40-22-11-13-26-47(40)56-48(38)41;1-3-15-33(16-4-1)49-52-50(34-17-5-2-6-18-34)54-51(53-49)43-24-8-7-21-38(43)35-19-13-20-37(31-35)55-45-27-11-9-22-40(45)44-32-36(29-30-46(44)55)39-25-14-26-42-41-23-10-12-28-47(41)56-48(39)42/h2*1-32H. The van der Waals surface area contributed by atoms with E-state index in [4.69, 9.17) is 38.7 Å². The molecule has 112 heavy (non-hydrogen) atoms. The molecule has 16 aromatic carbocycles. The SMILES string of the molecule is c1ccc(-c2nc(-c3ccccc3)nc(-c3ccc(-n4c5ccccc5c5cc(-c6cccc7c6oc6ccccc67)ccc54)c(-c4ccccc4)c3)n2)cc1.c1ccc(-c2nc(-c3ccccc3)nc(-c3ccccc3-c3cccc(-n4c5ccccc5c5cc(-c6cccc7c6oc6ccccc67)ccc54)c3)n2)cc1. The lowest BCUT2D eigenvalue weighted by molar-refractivity contribution is 0.669. The van der Waals surface area contributed by atoms with Gasteiger partial charge in [0.25, 0.3) is 0 Å². The third-order valence-corrected chi connectivity index (χ3v) is 21.3. The van der Waals surface area contributed by atoms with Crippen molar-refractivity contribution in [3.63, 3.8) is 0 Å². The molecular weight excluding hydrogens is 1370 g/mol. The van der Waals surface area contributed by atoms with Crippen LogP contribution in [0.2, 0.25) is 0 Å². The highest BCUT2D eigenvalue weighted by Crippen LogP contribution is 2.45. The summed E-state index contributed by atoms with van der Waals surface area (Å²) in [5, 5.41) is 9.24. The van der Waals surface area contributed by atoms with Gasteiger partial charge in [-0.05, 0) is 107 Å². The minimum absolute atomic E-state index is 0.619. The zero-order chi connectivity index (χ0) is 74.0. The van der Waals surface area contributed by atoms with E-state index in [2.05, 4.69) is 246 Å². The lowest BCUT2D eigenvalue weighted by atomic mass is 9.98. The molecule has 0 amide bonds. The highest BCUT2D eigenvalue weighted by atomic mass is 16.3. The summed E-state index contributed by atoms with van der Waals surface area (Å²) < 4.78 is 17.7. The van der Waals surface area contributed by atoms with Crippen LogP contribution in [-0.2, 0) is 0 Å². The summed E-state index contributed by atoms with van der Waals surface area (Å²) >= 11 is 0. The summed E-state index contributed by atoms with van der Waals surface area (Å²) in [5.41, 5.74) is 24.6. The summed E-state index contributed by atoms with van der Waals surface area (Å²) in [6, 6.07) is 135. The van der Waals surface area contributed by atoms with Crippen LogP contribution < -0.4 is 0 Å². The van der Waals surface area contributed by atoms with E-state index < -0.39 is 0 Å². The number of hydrogen-bond donors (Lipinski definition) is 0. The molecule has 0 unspecified atom stereocenters. The van der Waals surface area contributed by atoms with Gasteiger partial charge in [0.15, 0.2) is 34.9 Å². The van der Waals surface area contributed by atoms with Crippen molar-refractivity contribution >= 4 is 87.5 Å². The smallest absolute Gasteiger partial charge is 0.164 e. The zero-order valence-corrected chi connectivity index (χ0v) is 60.3. The number of fused-ring (bicyclic) bond motifs is 12. The molecule has 0 aliphatic heterocycles. The Balaban J connectivity index is 0.000000141. The molecule has 22 aromatic rings. The number of rotatable bonds is 12. The Morgan fingerprint density at radius 2 is 0.518 bits per heavy atom. The number of furan rings is 2. The van der Waals surface area contributed by atoms with Crippen LogP contribution in [0.3, 0.4) is 0 Å². The lowest BCUT2D eigenvalue weighted by Gasteiger charge is -2.16. The molecule has 0 radical (unpaired) electrons. The minimum Gasteiger partial charge on any atom is -0.455 e. The first-order valence-electron chi connectivity index (χ1n) is 37.6. The van der Waals surface area contributed by atoms with E-state index in [-0.39, 0.29) is 0 Å². The minimum atomic E-state index is 0.619. The second-order valence-electron chi connectivity index (χ2n) is 28.0. The average molecular weight is 1430 g/mol. The van der Waals surface area contributed by atoms with Gasteiger partial charge in [-0.2, -0.15) is 0 Å². The Hall–Kier alpha value is -15.3. The molecule has 0 spiro atoms. The van der Waals surface area contributed by atoms with E-state index in [1.807, 2.05) is 152 Å². The van der Waals surface area contributed by atoms with E-state index in [0.29, 0.717) is 34.9 Å². The van der Waals surface area contributed by atoms with E-state index >= 15 is 0 Å². The molecule has 6 heterocycles. The normalized spacial score (nSPS) is 11.6. The van der Waals surface area contributed by atoms with Crippen LogP contribution in [0.15, 0.2) is 397 Å². The summed E-state index contributed by atoms with van der Waals surface area (Å²) in [5.74, 6) is 3.79. The molecule has 10 nitrogen and oxygen atoms in total. The molecule has 10 heteroatoms. The van der Waals surface area contributed by atoms with Crippen molar-refractivity contribution < 1.29 is 8.83 Å². The second-order valence-corrected chi connectivity index (χ2v) is 28.0. The second kappa shape index (κ2) is 27.5. The molecule has 0 fully saturated rings. The fourth-order valence-electron chi connectivity index (χ4n) is 16.1. The maximum absolute atomic E-state index is 6.47. The first kappa shape index (κ1) is 65.1. The number of aromatic nitrogens is 8. The van der Waals surface area contributed by atoms with Crippen molar-refractivity contribution in [2.24, 2.45) is 0 Å². The van der Waals surface area contributed by atoms with Crippen LogP contribution in [0.4, 0.5) is 0 Å². The lowest BCUT2D eigenvalue weighted by Crippen LogP contribution is -2.02. The number of benzene rings is 16. The van der Waals surface area contributed by atoms with Crippen molar-refractivity contribution in [3.05, 3.63) is 388 Å². The van der Waals surface area contributed by atoms with Crippen LogP contribution in [0, 0.1) is 0 Å². The van der Waals surface area contributed by atoms with Crippen LogP contribution in [0.5, 0.6) is 0 Å². The van der Waals surface area contributed by atoms with Gasteiger partial charge in [-0.1, -0.05) is 309 Å². The molecule has 6 aromatic heterocycles. The van der Waals surface area contributed by atoms with Crippen LogP contribution in [0.1, 0.15) is 0 Å². The highest BCUT2D eigenvalue weighted by Gasteiger charge is 2.24. The molecular formula is C102H64N8O2. The number of para-hydroxylation sites is 6. The summed E-state index contributed by atoms with van der Waals surface area (Å²) in [7, 11) is 0. The fourth-order valence-corrected chi connectivity index (χ4v) is 16.1. The van der Waals surface area contributed by atoms with Gasteiger partial charge in [0, 0.05) is 98.8 Å². The number of hydrogen-bond acceptors (Lipinski definition) is 8. The van der Waals surface area contributed by atoms with Crippen molar-refractivity contribution in [1.82, 2.24) is 39.0 Å². The van der Waals surface area contributed by atoms with Gasteiger partial charge in [-0.25, -0.2) is 29.9 Å². The van der Waals surface area contributed by atoms with Gasteiger partial charge in [0.05, 0.1) is 27.8 Å². The van der Waals surface area contributed by atoms with Gasteiger partial charge in [0.1, 0.15) is 22.3 Å². The van der Waals surface area contributed by atoms with Gasteiger partial charge in [-0.3, -0.25) is 0 Å². The predicted molar refractivity (Wildman–Crippen MR) is 457 cm³/mol. The fraction of sp³-hybridized carbons (Fsp3) is 0. The molecule has 22 rings (SSSR count). The topological polar surface area (TPSA) is 113 Å². The average Bonchev–Trinajstić information content (AvgIpc) is 1.59. The zero-order valence-electron chi connectivity index (χ0n) is 60.3. The van der Waals surface area contributed by atoms with Gasteiger partial charge in [-0.15, -0.1) is 0 Å². The largest absolute Gasteiger partial charge is 0.455 e. The Bertz CT molecular complexity index is 7260. The maximum Gasteiger partial charge on any atom is 0.164 e. The molecule has 524 valence electrons.